The smallest absolute Gasteiger partial charge is 0.319 e. The first-order valence-corrected chi connectivity index (χ1v) is 9.09. The van der Waals surface area contributed by atoms with Crippen molar-refractivity contribution >= 4 is 46.0 Å². The fourth-order valence-electron chi connectivity index (χ4n) is 2.14. The van der Waals surface area contributed by atoms with Crippen molar-refractivity contribution < 1.29 is 14.7 Å². The van der Waals surface area contributed by atoms with E-state index >= 15 is 0 Å². The van der Waals surface area contributed by atoms with E-state index in [1.807, 2.05) is 16.8 Å². The number of urea groups is 1. The molecule has 0 aliphatic heterocycles. The molecule has 2 heterocycles. The van der Waals surface area contributed by atoms with E-state index in [4.69, 9.17) is 0 Å². The van der Waals surface area contributed by atoms with Crippen molar-refractivity contribution in [1.82, 2.24) is 5.32 Å². The van der Waals surface area contributed by atoms with Crippen LogP contribution in [0.3, 0.4) is 0 Å². The Morgan fingerprint density at radius 2 is 1.88 bits per heavy atom. The van der Waals surface area contributed by atoms with E-state index in [2.05, 4.69) is 16.0 Å². The maximum absolute atomic E-state index is 12.7. The molecular formula is C17H15N3O3S2. The number of benzene rings is 1. The van der Waals surface area contributed by atoms with E-state index in [1.165, 1.54) is 24.5 Å². The lowest BCUT2D eigenvalue weighted by Gasteiger charge is -2.08. The highest BCUT2D eigenvalue weighted by Crippen LogP contribution is 2.36. The van der Waals surface area contributed by atoms with Gasteiger partial charge in [-0.3, -0.25) is 4.79 Å². The van der Waals surface area contributed by atoms with Gasteiger partial charge < -0.3 is 21.1 Å². The number of carbonyl (C=O) groups is 2. The first-order valence-electron chi connectivity index (χ1n) is 7.33. The van der Waals surface area contributed by atoms with Crippen LogP contribution in [-0.4, -0.2) is 24.1 Å². The number of aromatic hydroxyl groups is 1. The van der Waals surface area contributed by atoms with Crippen molar-refractivity contribution in [2.24, 2.45) is 0 Å². The summed E-state index contributed by atoms with van der Waals surface area (Å²) >= 11 is 2.83. The van der Waals surface area contributed by atoms with Crippen molar-refractivity contribution in [3.63, 3.8) is 0 Å². The maximum atomic E-state index is 12.7. The molecule has 3 aromatic rings. The predicted octanol–water partition coefficient (Wildman–Crippen LogP) is 4.19. The van der Waals surface area contributed by atoms with Crippen molar-refractivity contribution in [2.75, 3.05) is 17.7 Å². The zero-order valence-electron chi connectivity index (χ0n) is 13.2. The van der Waals surface area contributed by atoms with Gasteiger partial charge in [0.25, 0.3) is 5.91 Å². The second-order valence-electron chi connectivity index (χ2n) is 5.04. The summed E-state index contributed by atoms with van der Waals surface area (Å²) in [4.78, 5) is 25.6. The lowest BCUT2D eigenvalue weighted by molar-refractivity contribution is 0.103. The molecule has 4 N–H and O–H groups in total. The number of carbonyl (C=O) groups excluding carboxylic acids is 2. The number of hydrogen-bond acceptors (Lipinski definition) is 5. The summed E-state index contributed by atoms with van der Waals surface area (Å²) in [5.41, 5.74) is 1.71. The molecule has 0 aliphatic carbocycles. The molecule has 0 aliphatic rings. The van der Waals surface area contributed by atoms with Gasteiger partial charge in [-0.1, -0.05) is 12.1 Å². The average Bonchev–Trinajstić information content (AvgIpc) is 3.26. The number of amides is 3. The summed E-state index contributed by atoms with van der Waals surface area (Å²) < 4.78 is 0. The Hall–Kier alpha value is -2.84. The van der Waals surface area contributed by atoms with Gasteiger partial charge in [0.15, 0.2) is 0 Å². The Morgan fingerprint density at radius 1 is 1.08 bits per heavy atom. The number of phenols is 1. The van der Waals surface area contributed by atoms with Crippen LogP contribution in [-0.2, 0) is 0 Å². The van der Waals surface area contributed by atoms with Crippen LogP contribution in [0.1, 0.15) is 9.67 Å². The number of rotatable bonds is 4. The molecule has 0 atom stereocenters. The molecule has 6 nitrogen and oxygen atoms in total. The Labute approximate surface area is 152 Å². The molecule has 128 valence electrons. The molecular weight excluding hydrogens is 358 g/mol. The minimum absolute atomic E-state index is 0.0220. The Balaban J connectivity index is 1.93. The summed E-state index contributed by atoms with van der Waals surface area (Å²) in [6.45, 7) is 0. The largest absolute Gasteiger partial charge is 0.506 e. The van der Waals surface area contributed by atoms with E-state index in [0.717, 1.165) is 10.4 Å². The molecule has 3 rings (SSSR count). The van der Waals surface area contributed by atoms with Crippen molar-refractivity contribution in [3.05, 3.63) is 52.0 Å². The molecule has 25 heavy (non-hydrogen) atoms. The monoisotopic (exact) mass is 373 g/mol. The lowest BCUT2D eigenvalue weighted by Crippen LogP contribution is -2.25. The summed E-state index contributed by atoms with van der Waals surface area (Å²) in [7, 11) is 1.50. The highest BCUT2D eigenvalue weighted by molar-refractivity contribution is 7.18. The molecule has 2 aromatic heterocycles. The molecule has 1 aromatic carbocycles. The van der Waals surface area contributed by atoms with Crippen LogP contribution >= 0.6 is 22.7 Å². The number of hydrogen-bond donors (Lipinski definition) is 4. The SMILES string of the molecule is CNC(=O)Nc1cc(-c2ccsc2)sc1C(=O)Nc1ccccc1O. The third-order valence-electron chi connectivity index (χ3n) is 3.37. The third-order valence-corrected chi connectivity index (χ3v) is 5.24. The summed E-state index contributed by atoms with van der Waals surface area (Å²) in [5.74, 6) is -0.425. The van der Waals surface area contributed by atoms with Crippen LogP contribution in [0.25, 0.3) is 10.4 Å². The predicted molar refractivity (Wildman–Crippen MR) is 102 cm³/mol. The number of thiophene rings is 2. The van der Waals surface area contributed by atoms with E-state index in [9.17, 15) is 14.7 Å². The second-order valence-corrected chi connectivity index (χ2v) is 6.87. The maximum Gasteiger partial charge on any atom is 0.319 e. The van der Waals surface area contributed by atoms with Gasteiger partial charge in [0.05, 0.1) is 11.4 Å². The minimum atomic E-state index is -0.411. The van der Waals surface area contributed by atoms with Gasteiger partial charge >= 0.3 is 6.03 Å². The number of nitrogens with one attached hydrogen (secondary N) is 3. The third kappa shape index (κ3) is 3.81. The van der Waals surface area contributed by atoms with E-state index in [1.54, 1.807) is 35.6 Å². The van der Waals surface area contributed by atoms with E-state index in [0.29, 0.717) is 16.3 Å². The van der Waals surface area contributed by atoms with Crippen LogP contribution in [0.5, 0.6) is 5.75 Å². The van der Waals surface area contributed by atoms with Gasteiger partial charge in [-0.2, -0.15) is 11.3 Å². The summed E-state index contributed by atoms with van der Waals surface area (Å²) in [5, 5.41) is 21.5. The highest BCUT2D eigenvalue weighted by atomic mass is 32.1. The molecule has 3 amide bonds. The quantitative estimate of drug-likeness (QED) is 0.517. The molecule has 0 saturated heterocycles. The van der Waals surface area contributed by atoms with Gasteiger partial charge in [0.1, 0.15) is 10.6 Å². The number of phenolic OH excluding ortho intramolecular Hbond substituents is 1. The van der Waals surface area contributed by atoms with Crippen LogP contribution < -0.4 is 16.0 Å². The topological polar surface area (TPSA) is 90.5 Å². The Kier molecular flexibility index (Phi) is 5.01. The van der Waals surface area contributed by atoms with Crippen LogP contribution in [0.2, 0.25) is 0 Å². The first kappa shape index (κ1) is 17.0. The van der Waals surface area contributed by atoms with Gasteiger partial charge in [0, 0.05) is 17.5 Å². The Morgan fingerprint density at radius 3 is 2.56 bits per heavy atom. The fraction of sp³-hybridized carbons (Fsp3) is 0.0588. The zero-order valence-corrected chi connectivity index (χ0v) is 14.8. The minimum Gasteiger partial charge on any atom is -0.506 e. The van der Waals surface area contributed by atoms with Gasteiger partial charge in [-0.05, 0) is 35.0 Å². The van der Waals surface area contributed by atoms with Gasteiger partial charge in [-0.15, -0.1) is 11.3 Å². The molecule has 0 radical (unpaired) electrons. The van der Waals surface area contributed by atoms with Crippen LogP contribution in [0.4, 0.5) is 16.2 Å². The Bertz CT molecular complexity index is 904. The van der Waals surface area contributed by atoms with Crippen LogP contribution in [0.15, 0.2) is 47.2 Å². The van der Waals surface area contributed by atoms with Crippen molar-refractivity contribution in [2.45, 2.75) is 0 Å². The molecule has 0 unspecified atom stereocenters. The average molecular weight is 373 g/mol. The van der Waals surface area contributed by atoms with Crippen LogP contribution in [0, 0.1) is 0 Å². The molecule has 0 fully saturated rings. The summed E-state index contributed by atoms with van der Waals surface area (Å²) in [6.07, 6.45) is 0. The number of anilines is 2. The number of para-hydroxylation sites is 2. The van der Waals surface area contributed by atoms with Gasteiger partial charge in [0.2, 0.25) is 0 Å². The van der Waals surface area contributed by atoms with Crippen molar-refractivity contribution in [1.29, 1.82) is 0 Å². The molecule has 0 bridgehead atoms. The fourth-order valence-corrected chi connectivity index (χ4v) is 3.88. The highest BCUT2D eigenvalue weighted by Gasteiger charge is 2.19. The van der Waals surface area contributed by atoms with Gasteiger partial charge in [-0.25, -0.2) is 4.79 Å². The van der Waals surface area contributed by atoms with E-state index < -0.39 is 11.9 Å². The van der Waals surface area contributed by atoms with Crippen molar-refractivity contribution in [3.8, 4) is 16.2 Å². The second kappa shape index (κ2) is 7.37. The molecule has 0 saturated carbocycles. The standard InChI is InChI=1S/C17H15N3O3S2/c1-18-17(23)20-12-8-14(10-6-7-24-9-10)25-15(12)16(22)19-11-4-2-3-5-13(11)21/h2-9,21H,1H3,(H,19,22)(H2,18,20,23). The van der Waals surface area contributed by atoms with E-state index in [-0.39, 0.29) is 5.75 Å². The normalized spacial score (nSPS) is 10.3. The molecule has 0 spiro atoms. The first-order chi connectivity index (χ1) is 12.1. The summed E-state index contributed by atoms with van der Waals surface area (Å²) in [6, 6.07) is 9.78. The lowest BCUT2D eigenvalue weighted by atomic mass is 10.2. The zero-order chi connectivity index (χ0) is 17.8. The molecule has 8 heteroatoms.